The average molecular weight is 302 g/mol. The zero-order chi connectivity index (χ0) is 13.8. The maximum absolute atomic E-state index is 12.1. The monoisotopic (exact) mass is 301 g/mol. The van der Waals surface area contributed by atoms with Gasteiger partial charge in [0.05, 0.1) is 16.6 Å². The van der Waals surface area contributed by atoms with E-state index in [-0.39, 0.29) is 12.4 Å². The second-order valence-corrected chi connectivity index (χ2v) is 5.77. The molecule has 0 aromatic heterocycles. The van der Waals surface area contributed by atoms with Crippen LogP contribution in [0.5, 0.6) is 0 Å². The third-order valence-corrected chi connectivity index (χ3v) is 4.26. The maximum atomic E-state index is 12.1. The smallest absolute Gasteiger partial charge is 0.176 e. The van der Waals surface area contributed by atoms with Crippen molar-refractivity contribution in [3.8, 4) is 0 Å². The minimum Gasteiger partial charge on any atom is -0.396 e. The van der Waals surface area contributed by atoms with E-state index in [0.29, 0.717) is 28.1 Å². The predicted molar refractivity (Wildman–Crippen MR) is 77.0 cm³/mol. The Hall–Kier alpha value is -0.610. The topological polar surface area (TPSA) is 40.5 Å². The molecular weight excluding hydrogens is 285 g/mol. The molecular formula is C14H17Cl2NO2. The van der Waals surface area contributed by atoms with Crippen molar-refractivity contribution in [1.29, 1.82) is 0 Å². The lowest BCUT2D eigenvalue weighted by Gasteiger charge is -2.15. The van der Waals surface area contributed by atoms with Crippen molar-refractivity contribution < 1.29 is 9.90 Å². The molecule has 0 saturated carbocycles. The number of carbonyl (C=O) groups excluding carboxylic acids is 1. The molecule has 2 rings (SSSR count). The Bertz CT molecular complexity index is 465. The van der Waals surface area contributed by atoms with Crippen LogP contribution >= 0.6 is 23.2 Å². The quantitative estimate of drug-likeness (QED) is 0.850. The number of hydrogen-bond acceptors (Lipinski definition) is 3. The summed E-state index contributed by atoms with van der Waals surface area (Å²) in [6.07, 6.45) is 1.87. The molecule has 1 aromatic carbocycles. The van der Waals surface area contributed by atoms with Crippen molar-refractivity contribution >= 4 is 29.0 Å². The molecule has 0 aliphatic carbocycles. The second-order valence-electron chi connectivity index (χ2n) is 4.95. The highest BCUT2D eigenvalue weighted by atomic mass is 35.5. The third-order valence-electron chi connectivity index (χ3n) is 3.52. The highest BCUT2D eigenvalue weighted by molar-refractivity contribution is 6.42. The molecule has 3 nitrogen and oxygen atoms in total. The average Bonchev–Trinajstić information content (AvgIpc) is 2.80. The van der Waals surface area contributed by atoms with Gasteiger partial charge in [-0.2, -0.15) is 0 Å². The number of Topliss-reactive ketones (excluding diaryl/α,β-unsaturated/α-hetero) is 1. The zero-order valence-corrected chi connectivity index (χ0v) is 12.1. The van der Waals surface area contributed by atoms with Crippen molar-refractivity contribution in [3.63, 3.8) is 0 Å². The van der Waals surface area contributed by atoms with Crippen molar-refractivity contribution in [2.45, 2.75) is 12.8 Å². The fourth-order valence-corrected chi connectivity index (χ4v) is 2.74. The van der Waals surface area contributed by atoms with Crippen LogP contribution in [-0.4, -0.2) is 42.0 Å². The summed E-state index contributed by atoms with van der Waals surface area (Å²) in [5, 5.41) is 9.79. The first-order chi connectivity index (χ1) is 9.10. The van der Waals surface area contributed by atoms with Crippen molar-refractivity contribution in [2.24, 2.45) is 5.92 Å². The number of aliphatic hydroxyl groups is 1. The van der Waals surface area contributed by atoms with Crippen LogP contribution in [0, 0.1) is 5.92 Å². The summed E-state index contributed by atoms with van der Waals surface area (Å²) in [6, 6.07) is 4.97. The number of ketones is 1. The molecule has 1 aromatic rings. The number of carbonyl (C=O) groups is 1. The summed E-state index contributed by atoms with van der Waals surface area (Å²) in [4.78, 5) is 14.3. The molecule has 19 heavy (non-hydrogen) atoms. The van der Waals surface area contributed by atoms with Crippen molar-refractivity contribution in [1.82, 2.24) is 4.90 Å². The zero-order valence-electron chi connectivity index (χ0n) is 10.6. The van der Waals surface area contributed by atoms with Crippen molar-refractivity contribution in [2.75, 3.05) is 26.2 Å². The van der Waals surface area contributed by atoms with E-state index >= 15 is 0 Å². The van der Waals surface area contributed by atoms with Gasteiger partial charge in [0.1, 0.15) is 0 Å². The molecule has 1 unspecified atom stereocenters. The molecule has 0 bridgehead atoms. The predicted octanol–water partition coefficient (Wildman–Crippen LogP) is 2.88. The number of aliphatic hydroxyl groups excluding tert-OH is 1. The van der Waals surface area contributed by atoms with Crippen LogP contribution in [0.3, 0.4) is 0 Å². The van der Waals surface area contributed by atoms with Crippen LogP contribution in [0.15, 0.2) is 18.2 Å². The van der Waals surface area contributed by atoms with Crippen LogP contribution in [0.4, 0.5) is 0 Å². The van der Waals surface area contributed by atoms with Gasteiger partial charge in [-0.25, -0.2) is 0 Å². The maximum Gasteiger partial charge on any atom is 0.176 e. The summed E-state index contributed by atoms with van der Waals surface area (Å²) < 4.78 is 0. The van der Waals surface area contributed by atoms with Gasteiger partial charge in [-0.1, -0.05) is 23.2 Å². The van der Waals surface area contributed by atoms with Gasteiger partial charge in [-0.3, -0.25) is 9.69 Å². The van der Waals surface area contributed by atoms with Gasteiger partial charge in [0.2, 0.25) is 0 Å². The first kappa shape index (κ1) is 14.8. The molecule has 1 saturated heterocycles. The minimum absolute atomic E-state index is 0.0585. The van der Waals surface area contributed by atoms with Gasteiger partial charge < -0.3 is 5.11 Å². The van der Waals surface area contributed by atoms with Crippen LogP contribution in [0.1, 0.15) is 23.2 Å². The molecule has 1 heterocycles. The molecule has 1 aliphatic heterocycles. The highest BCUT2D eigenvalue weighted by Crippen LogP contribution is 2.24. The van der Waals surface area contributed by atoms with E-state index in [2.05, 4.69) is 4.90 Å². The number of halogens is 2. The summed E-state index contributed by atoms with van der Waals surface area (Å²) in [7, 11) is 0. The van der Waals surface area contributed by atoms with Crippen LogP contribution in [-0.2, 0) is 0 Å². The fourth-order valence-electron chi connectivity index (χ4n) is 2.44. The first-order valence-electron chi connectivity index (χ1n) is 6.41. The number of likely N-dealkylation sites (tertiary alicyclic amines) is 1. The van der Waals surface area contributed by atoms with Crippen LogP contribution in [0.25, 0.3) is 0 Å². The van der Waals surface area contributed by atoms with Gasteiger partial charge in [0.15, 0.2) is 5.78 Å². The van der Waals surface area contributed by atoms with E-state index in [4.69, 9.17) is 28.3 Å². The van der Waals surface area contributed by atoms with Crippen molar-refractivity contribution in [3.05, 3.63) is 33.8 Å². The Labute approximate surface area is 123 Å². The van der Waals surface area contributed by atoms with E-state index in [0.717, 1.165) is 25.9 Å². The van der Waals surface area contributed by atoms with Crippen LogP contribution < -0.4 is 0 Å². The molecule has 1 fully saturated rings. The van der Waals surface area contributed by atoms with E-state index in [1.807, 2.05) is 0 Å². The lowest BCUT2D eigenvalue weighted by Crippen LogP contribution is -2.28. The largest absolute Gasteiger partial charge is 0.396 e. The molecule has 0 radical (unpaired) electrons. The molecule has 1 N–H and O–H groups in total. The number of nitrogens with zero attached hydrogens (tertiary/aromatic N) is 1. The molecule has 0 amide bonds. The van der Waals surface area contributed by atoms with Crippen LogP contribution in [0.2, 0.25) is 10.0 Å². The van der Waals surface area contributed by atoms with E-state index in [1.165, 1.54) is 0 Å². The van der Waals surface area contributed by atoms with Gasteiger partial charge in [0, 0.05) is 18.7 Å². The summed E-state index contributed by atoms with van der Waals surface area (Å²) in [5.41, 5.74) is 0.597. The first-order valence-corrected chi connectivity index (χ1v) is 7.17. The third kappa shape index (κ3) is 3.93. The Morgan fingerprint density at radius 1 is 1.37 bits per heavy atom. The number of rotatable bonds is 5. The molecule has 1 atom stereocenters. The number of hydrogen-bond donors (Lipinski definition) is 1. The van der Waals surface area contributed by atoms with Gasteiger partial charge in [-0.05, 0) is 43.5 Å². The van der Waals surface area contributed by atoms with E-state index in [1.54, 1.807) is 18.2 Å². The molecule has 0 spiro atoms. The fraction of sp³-hybridized carbons (Fsp3) is 0.500. The standard InChI is InChI=1S/C14H17Cl2NO2/c15-12-2-1-11(7-13(12)16)14(19)9-17-5-3-10(8-17)4-6-18/h1-2,7,10,18H,3-6,8-9H2. The van der Waals surface area contributed by atoms with Gasteiger partial charge in [0.25, 0.3) is 0 Å². The normalized spacial score (nSPS) is 19.8. The Balaban J connectivity index is 1.92. The lowest BCUT2D eigenvalue weighted by molar-refractivity contribution is 0.0942. The highest BCUT2D eigenvalue weighted by Gasteiger charge is 2.23. The lowest BCUT2D eigenvalue weighted by atomic mass is 10.1. The second kappa shape index (κ2) is 6.71. The molecule has 104 valence electrons. The van der Waals surface area contributed by atoms with E-state index in [9.17, 15) is 4.79 Å². The minimum atomic E-state index is 0.0585. The number of benzene rings is 1. The SMILES string of the molecule is O=C(CN1CCC(CCO)C1)c1ccc(Cl)c(Cl)c1. The Kier molecular flexibility index (Phi) is 5.22. The summed E-state index contributed by atoms with van der Waals surface area (Å²) in [6.45, 7) is 2.42. The molecule has 5 heteroatoms. The summed E-state index contributed by atoms with van der Waals surface area (Å²) >= 11 is 11.7. The Morgan fingerprint density at radius 2 is 2.16 bits per heavy atom. The Morgan fingerprint density at radius 3 is 2.84 bits per heavy atom. The molecule has 1 aliphatic rings. The van der Waals surface area contributed by atoms with Gasteiger partial charge >= 0.3 is 0 Å². The van der Waals surface area contributed by atoms with E-state index < -0.39 is 0 Å². The van der Waals surface area contributed by atoms with Gasteiger partial charge in [-0.15, -0.1) is 0 Å². The summed E-state index contributed by atoms with van der Waals surface area (Å²) in [5.74, 6) is 0.565.